The van der Waals surface area contributed by atoms with Crippen LogP contribution in [0.5, 0.6) is 0 Å². The average Bonchev–Trinajstić information content (AvgIpc) is 2.11. The first-order chi connectivity index (χ1) is 6.40. The lowest BCUT2D eigenvalue weighted by molar-refractivity contribution is -0.132. The minimum atomic E-state index is -0.394. The van der Waals surface area contributed by atoms with Crippen LogP contribution in [0.3, 0.4) is 0 Å². The molecule has 0 saturated carbocycles. The van der Waals surface area contributed by atoms with Gasteiger partial charge in [-0.05, 0) is 19.8 Å². The van der Waals surface area contributed by atoms with Crippen LogP contribution in [0.15, 0.2) is 12.2 Å². The van der Waals surface area contributed by atoms with Crippen LogP contribution in [0, 0.1) is 5.92 Å². The number of carbonyl (C=O) groups is 1. The maximum absolute atomic E-state index is 11.8. The van der Waals surface area contributed by atoms with E-state index < -0.39 is 6.04 Å². The zero-order valence-corrected chi connectivity index (χ0v) is 9.71. The molecule has 0 aromatic heterocycles. The third kappa shape index (κ3) is 3.92. The van der Waals surface area contributed by atoms with E-state index in [0.717, 1.165) is 5.57 Å². The van der Waals surface area contributed by atoms with Crippen molar-refractivity contribution in [3.05, 3.63) is 12.2 Å². The summed E-state index contributed by atoms with van der Waals surface area (Å²) in [6, 6.07) is -0.394. The third-order valence-electron chi connectivity index (χ3n) is 2.16. The molecule has 3 nitrogen and oxygen atoms in total. The van der Waals surface area contributed by atoms with Gasteiger partial charge in [0.25, 0.3) is 0 Å². The van der Waals surface area contributed by atoms with E-state index in [1.807, 2.05) is 27.7 Å². The van der Waals surface area contributed by atoms with E-state index in [4.69, 9.17) is 5.73 Å². The van der Waals surface area contributed by atoms with E-state index in [2.05, 4.69) is 6.58 Å². The molecule has 0 unspecified atom stereocenters. The van der Waals surface area contributed by atoms with Gasteiger partial charge in [-0.25, -0.2) is 0 Å². The van der Waals surface area contributed by atoms with Crippen molar-refractivity contribution in [2.45, 2.75) is 33.7 Å². The highest BCUT2D eigenvalue weighted by molar-refractivity contribution is 5.82. The number of hydrogen-bond acceptors (Lipinski definition) is 2. The van der Waals surface area contributed by atoms with E-state index in [1.54, 1.807) is 4.90 Å². The highest BCUT2D eigenvalue weighted by Crippen LogP contribution is 2.05. The molecule has 0 aromatic carbocycles. The van der Waals surface area contributed by atoms with E-state index in [0.29, 0.717) is 13.1 Å². The van der Waals surface area contributed by atoms with Gasteiger partial charge in [-0.1, -0.05) is 26.0 Å². The Labute approximate surface area is 87.0 Å². The molecule has 82 valence electrons. The number of nitrogens with zero attached hydrogens (tertiary/aromatic N) is 1. The number of hydrogen-bond donors (Lipinski definition) is 1. The van der Waals surface area contributed by atoms with Gasteiger partial charge in [-0.3, -0.25) is 4.79 Å². The second-order valence-corrected chi connectivity index (χ2v) is 4.08. The molecule has 0 aliphatic rings. The fraction of sp³-hybridized carbons (Fsp3) is 0.727. The molecule has 0 saturated heterocycles. The van der Waals surface area contributed by atoms with E-state index >= 15 is 0 Å². The van der Waals surface area contributed by atoms with Gasteiger partial charge < -0.3 is 10.6 Å². The largest absolute Gasteiger partial charge is 0.338 e. The molecule has 2 N–H and O–H groups in total. The number of amides is 1. The molecule has 0 bridgehead atoms. The Morgan fingerprint density at radius 3 is 2.29 bits per heavy atom. The van der Waals surface area contributed by atoms with Gasteiger partial charge in [0.15, 0.2) is 0 Å². The minimum Gasteiger partial charge on any atom is -0.338 e. The smallest absolute Gasteiger partial charge is 0.240 e. The molecular formula is C11H22N2O. The summed E-state index contributed by atoms with van der Waals surface area (Å²) in [5.74, 6) is 0.201. The molecule has 14 heavy (non-hydrogen) atoms. The van der Waals surface area contributed by atoms with Gasteiger partial charge in [-0.15, -0.1) is 0 Å². The first kappa shape index (κ1) is 13.2. The molecule has 0 spiro atoms. The molecule has 1 amide bonds. The molecule has 0 rings (SSSR count). The van der Waals surface area contributed by atoms with E-state index in [9.17, 15) is 4.79 Å². The monoisotopic (exact) mass is 198 g/mol. The van der Waals surface area contributed by atoms with Gasteiger partial charge >= 0.3 is 0 Å². The van der Waals surface area contributed by atoms with Crippen LogP contribution in [0.1, 0.15) is 27.7 Å². The fourth-order valence-electron chi connectivity index (χ4n) is 1.17. The molecule has 0 heterocycles. The highest BCUT2D eigenvalue weighted by Gasteiger charge is 2.22. The topological polar surface area (TPSA) is 46.3 Å². The van der Waals surface area contributed by atoms with Crippen molar-refractivity contribution < 1.29 is 4.79 Å². The number of carbonyl (C=O) groups excluding carboxylic acids is 1. The molecule has 0 aliphatic carbocycles. The Morgan fingerprint density at radius 2 is 2.00 bits per heavy atom. The lowest BCUT2D eigenvalue weighted by atomic mass is 10.0. The van der Waals surface area contributed by atoms with Gasteiger partial charge in [0.1, 0.15) is 0 Å². The Balaban J connectivity index is 4.38. The van der Waals surface area contributed by atoms with Crippen molar-refractivity contribution in [2.75, 3.05) is 13.1 Å². The van der Waals surface area contributed by atoms with Crippen LogP contribution in [0.25, 0.3) is 0 Å². The van der Waals surface area contributed by atoms with Crippen LogP contribution in [-0.2, 0) is 4.79 Å². The summed E-state index contributed by atoms with van der Waals surface area (Å²) < 4.78 is 0. The van der Waals surface area contributed by atoms with E-state index in [-0.39, 0.29) is 11.8 Å². The molecular weight excluding hydrogens is 176 g/mol. The summed E-state index contributed by atoms with van der Waals surface area (Å²) in [6.07, 6.45) is 0. The van der Waals surface area contributed by atoms with Crippen molar-refractivity contribution in [1.29, 1.82) is 0 Å². The number of likely N-dealkylation sites (N-methyl/N-ethyl adjacent to an activating group) is 1. The number of rotatable bonds is 5. The second-order valence-electron chi connectivity index (χ2n) is 4.08. The summed E-state index contributed by atoms with van der Waals surface area (Å²) in [7, 11) is 0. The van der Waals surface area contributed by atoms with Crippen molar-refractivity contribution >= 4 is 5.91 Å². The summed E-state index contributed by atoms with van der Waals surface area (Å²) in [6.45, 7) is 12.9. The Hall–Kier alpha value is -0.830. The number of nitrogens with two attached hydrogens (primary N) is 1. The van der Waals surface area contributed by atoms with Crippen LogP contribution in [-0.4, -0.2) is 29.9 Å². The lowest BCUT2D eigenvalue weighted by Gasteiger charge is -2.26. The predicted molar refractivity (Wildman–Crippen MR) is 59.9 cm³/mol. The Morgan fingerprint density at radius 1 is 1.50 bits per heavy atom. The summed E-state index contributed by atoms with van der Waals surface area (Å²) in [4.78, 5) is 13.6. The van der Waals surface area contributed by atoms with Crippen molar-refractivity contribution in [1.82, 2.24) is 4.90 Å². The fourth-order valence-corrected chi connectivity index (χ4v) is 1.17. The van der Waals surface area contributed by atoms with Gasteiger partial charge in [0.2, 0.25) is 5.91 Å². The van der Waals surface area contributed by atoms with Gasteiger partial charge in [-0.2, -0.15) is 0 Å². The molecule has 3 heteroatoms. The summed E-state index contributed by atoms with van der Waals surface area (Å²) in [5, 5.41) is 0. The third-order valence-corrected chi connectivity index (χ3v) is 2.16. The van der Waals surface area contributed by atoms with Crippen LogP contribution in [0.2, 0.25) is 0 Å². The second kappa shape index (κ2) is 5.81. The molecule has 0 radical (unpaired) electrons. The van der Waals surface area contributed by atoms with Crippen molar-refractivity contribution in [2.24, 2.45) is 11.7 Å². The quantitative estimate of drug-likeness (QED) is 0.679. The molecule has 0 aliphatic heterocycles. The normalized spacial score (nSPS) is 12.7. The maximum atomic E-state index is 11.8. The molecule has 1 atom stereocenters. The zero-order valence-electron chi connectivity index (χ0n) is 9.71. The first-order valence-corrected chi connectivity index (χ1v) is 5.08. The zero-order chi connectivity index (χ0) is 11.3. The van der Waals surface area contributed by atoms with Crippen LogP contribution >= 0.6 is 0 Å². The van der Waals surface area contributed by atoms with Crippen LogP contribution in [0.4, 0.5) is 0 Å². The SMILES string of the molecule is C=C(C)CN(CC)C(=O)[C@@H](N)C(C)C. The van der Waals surface area contributed by atoms with Crippen LogP contribution < -0.4 is 5.73 Å². The van der Waals surface area contributed by atoms with E-state index in [1.165, 1.54) is 0 Å². The molecule has 0 fully saturated rings. The lowest BCUT2D eigenvalue weighted by Crippen LogP contribution is -2.46. The Bertz CT molecular complexity index is 211. The van der Waals surface area contributed by atoms with Gasteiger partial charge in [0.05, 0.1) is 6.04 Å². The molecule has 0 aromatic rings. The van der Waals surface area contributed by atoms with Gasteiger partial charge in [0, 0.05) is 13.1 Å². The van der Waals surface area contributed by atoms with Crippen molar-refractivity contribution in [3.8, 4) is 0 Å². The standard InChI is InChI=1S/C11H22N2O/c1-6-13(7-8(2)3)11(14)10(12)9(4)5/h9-10H,2,6-7,12H2,1,3-5H3/t10-/m0/s1. The van der Waals surface area contributed by atoms with Crippen molar-refractivity contribution in [3.63, 3.8) is 0 Å². The Kier molecular flexibility index (Phi) is 5.46. The average molecular weight is 198 g/mol. The minimum absolute atomic E-state index is 0.0190. The predicted octanol–water partition coefficient (Wildman–Crippen LogP) is 1.39. The highest BCUT2D eigenvalue weighted by atomic mass is 16.2. The summed E-state index contributed by atoms with van der Waals surface area (Å²) in [5.41, 5.74) is 6.77. The first-order valence-electron chi connectivity index (χ1n) is 5.08. The summed E-state index contributed by atoms with van der Waals surface area (Å²) >= 11 is 0. The maximum Gasteiger partial charge on any atom is 0.240 e.